The molecule has 15 heavy (non-hydrogen) atoms. The molecule has 1 saturated heterocycles. The second-order valence-electron chi connectivity index (χ2n) is 4.24. The predicted octanol–water partition coefficient (Wildman–Crippen LogP) is 2.63. The highest BCUT2D eigenvalue weighted by atomic mass is 14.9. The van der Waals surface area contributed by atoms with Crippen LogP contribution in [-0.4, -0.2) is 17.1 Å². The molecule has 2 rings (SSSR count). The SMILES string of the molecule is CC1CCCC(/C=C/c2ccncc2)N1. The minimum Gasteiger partial charge on any atom is -0.308 e. The zero-order valence-corrected chi connectivity index (χ0v) is 9.19. The second-order valence-corrected chi connectivity index (χ2v) is 4.24. The van der Waals surface area contributed by atoms with E-state index in [1.165, 1.54) is 24.8 Å². The summed E-state index contributed by atoms with van der Waals surface area (Å²) in [7, 11) is 0. The molecule has 0 aliphatic carbocycles. The Morgan fingerprint density at radius 3 is 2.87 bits per heavy atom. The summed E-state index contributed by atoms with van der Waals surface area (Å²) in [6.45, 7) is 2.26. The van der Waals surface area contributed by atoms with E-state index in [1.807, 2.05) is 24.5 Å². The van der Waals surface area contributed by atoms with Gasteiger partial charge >= 0.3 is 0 Å². The fourth-order valence-corrected chi connectivity index (χ4v) is 2.03. The Labute approximate surface area is 91.4 Å². The van der Waals surface area contributed by atoms with Crippen LogP contribution < -0.4 is 5.32 Å². The smallest absolute Gasteiger partial charge is 0.0273 e. The van der Waals surface area contributed by atoms with Gasteiger partial charge in [-0.3, -0.25) is 4.98 Å². The minimum atomic E-state index is 0.543. The van der Waals surface area contributed by atoms with Gasteiger partial charge in [-0.1, -0.05) is 18.6 Å². The van der Waals surface area contributed by atoms with E-state index in [0.29, 0.717) is 12.1 Å². The van der Waals surface area contributed by atoms with Crippen LogP contribution in [0.3, 0.4) is 0 Å². The van der Waals surface area contributed by atoms with Crippen molar-refractivity contribution >= 4 is 6.08 Å². The van der Waals surface area contributed by atoms with E-state index in [4.69, 9.17) is 0 Å². The number of piperidine rings is 1. The van der Waals surface area contributed by atoms with Crippen molar-refractivity contribution in [2.75, 3.05) is 0 Å². The van der Waals surface area contributed by atoms with E-state index >= 15 is 0 Å². The van der Waals surface area contributed by atoms with E-state index in [0.717, 1.165) is 0 Å². The van der Waals surface area contributed by atoms with Crippen molar-refractivity contribution in [2.24, 2.45) is 0 Å². The standard InChI is InChI=1S/C13H18N2/c1-11-3-2-4-13(15-11)6-5-12-7-9-14-10-8-12/h5-11,13,15H,2-4H2,1H3/b6-5+. The van der Waals surface area contributed by atoms with E-state index in [-0.39, 0.29) is 0 Å². The van der Waals surface area contributed by atoms with E-state index < -0.39 is 0 Å². The molecule has 0 radical (unpaired) electrons. The summed E-state index contributed by atoms with van der Waals surface area (Å²) in [4.78, 5) is 4.00. The lowest BCUT2D eigenvalue weighted by atomic mass is 9.99. The molecule has 2 atom stereocenters. The van der Waals surface area contributed by atoms with Crippen LogP contribution in [-0.2, 0) is 0 Å². The van der Waals surface area contributed by atoms with Gasteiger partial charge in [0, 0.05) is 24.5 Å². The van der Waals surface area contributed by atoms with E-state index in [1.54, 1.807) is 0 Å². The number of pyridine rings is 1. The lowest BCUT2D eigenvalue weighted by Crippen LogP contribution is -2.39. The van der Waals surface area contributed by atoms with Gasteiger partial charge in [-0.15, -0.1) is 0 Å². The van der Waals surface area contributed by atoms with Gasteiger partial charge in [-0.2, -0.15) is 0 Å². The van der Waals surface area contributed by atoms with Crippen molar-refractivity contribution in [3.63, 3.8) is 0 Å². The fourth-order valence-electron chi connectivity index (χ4n) is 2.03. The molecule has 80 valence electrons. The summed E-state index contributed by atoms with van der Waals surface area (Å²) in [5.74, 6) is 0. The van der Waals surface area contributed by atoms with Gasteiger partial charge < -0.3 is 5.32 Å². The molecular formula is C13H18N2. The number of rotatable bonds is 2. The molecule has 1 fully saturated rings. The van der Waals surface area contributed by atoms with Gasteiger partial charge in [-0.25, -0.2) is 0 Å². The molecule has 2 heteroatoms. The molecule has 2 heterocycles. The number of hydrogen-bond acceptors (Lipinski definition) is 2. The Hall–Kier alpha value is -1.15. The fraction of sp³-hybridized carbons (Fsp3) is 0.462. The molecule has 1 N–H and O–H groups in total. The van der Waals surface area contributed by atoms with Crippen LogP contribution in [0.2, 0.25) is 0 Å². The van der Waals surface area contributed by atoms with Crippen molar-refractivity contribution in [1.29, 1.82) is 0 Å². The maximum atomic E-state index is 4.00. The van der Waals surface area contributed by atoms with Crippen LogP contribution in [0.1, 0.15) is 31.7 Å². The number of hydrogen-bond donors (Lipinski definition) is 1. The van der Waals surface area contributed by atoms with Crippen molar-refractivity contribution < 1.29 is 0 Å². The second kappa shape index (κ2) is 5.08. The third-order valence-corrected chi connectivity index (χ3v) is 2.88. The van der Waals surface area contributed by atoms with Crippen LogP contribution in [0, 0.1) is 0 Å². The third-order valence-electron chi connectivity index (χ3n) is 2.88. The Balaban J connectivity index is 1.93. The third kappa shape index (κ3) is 3.17. The monoisotopic (exact) mass is 202 g/mol. The van der Waals surface area contributed by atoms with Crippen LogP contribution in [0.25, 0.3) is 6.08 Å². The molecule has 1 aliphatic rings. The van der Waals surface area contributed by atoms with Crippen molar-refractivity contribution in [2.45, 2.75) is 38.3 Å². The minimum absolute atomic E-state index is 0.543. The van der Waals surface area contributed by atoms with Crippen LogP contribution >= 0.6 is 0 Å². The summed E-state index contributed by atoms with van der Waals surface area (Å²) in [6, 6.07) is 5.26. The summed E-state index contributed by atoms with van der Waals surface area (Å²) in [5, 5.41) is 3.58. The molecule has 1 aromatic heterocycles. The van der Waals surface area contributed by atoms with Crippen LogP contribution in [0.5, 0.6) is 0 Å². The normalized spacial score (nSPS) is 27.0. The summed E-state index contributed by atoms with van der Waals surface area (Å²) in [6.07, 6.45) is 12.0. The first-order valence-corrected chi connectivity index (χ1v) is 5.69. The van der Waals surface area contributed by atoms with Crippen LogP contribution in [0.4, 0.5) is 0 Å². The average Bonchev–Trinajstić information content (AvgIpc) is 2.28. The molecule has 2 unspecified atom stereocenters. The van der Waals surface area contributed by atoms with Crippen LogP contribution in [0.15, 0.2) is 30.6 Å². The van der Waals surface area contributed by atoms with Gasteiger partial charge in [0.05, 0.1) is 0 Å². The molecule has 0 bridgehead atoms. The number of nitrogens with zero attached hydrogens (tertiary/aromatic N) is 1. The lowest BCUT2D eigenvalue weighted by Gasteiger charge is -2.26. The maximum absolute atomic E-state index is 4.00. The van der Waals surface area contributed by atoms with Crippen molar-refractivity contribution in [1.82, 2.24) is 10.3 Å². The van der Waals surface area contributed by atoms with Crippen molar-refractivity contribution in [3.05, 3.63) is 36.2 Å². The number of aromatic nitrogens is 1. The quantitative estimate of drug-likeness (QED) is 0.797. The highest BCUT2D eigenvalue weighted by Crippen LogP contribution is 2.14. The molecular weight excluding hydrogens is 184 g/mol. The van der Waals surface area contributed by atoms with Gasteiger partial charge in [0.1, 0.15) is 0 Å². The Morgan fingerprint density at radius 1 is 1.33 bits per heavy atom. The molecule has 0 aromatic carbocycles. The largest absolute Gasteiger partial charge is 0.308 e. The van der Waals surface area contributed by atoms with Gasteiger partial charge in [0.25, 0.3) is 0 Å². The highest BCUT2D eigenvalue weighted by molar-refractivity contribution is 5.48. The van der Waals surface area contributed by atoms with Gasteiger partial charge in [0.15, 0.2) is 0 Å². The maximum Gasteiger partial charge on any atom is 0.0273 e. The molecule has 0 saturated carbocycles. The average molecular weight is 202 g/mol. The molecule has 2 nitrogen and oxygen atoms in total. The molecule has 0 amide bonds. The zero-order valence-electron chi connectivity index (χ0n) is 9.19. The Bertz CT molecular complexity index is 319. The first-order chi connectivity index (χ1) is 7.34. The molecule has 1 aromatic rings. The Kier molecular flexibility index (Phi) is 3.51. The van der Waals surface area contributed by atoms with E-state index in [9.17, 15) is 0 Å². The first-order valence-electron chi connectivity index (χ1n) is 5.69. The molecule has 1 aliphatic heterocycles. The molecule has 0 spiro atoms. The summed E-state index contributed by atoms with van der Waals surface area (Å²) < 4.78 is 0. The summed E-state index contributed by atoms with van der Waals surface area (Å²) >= 11 is 0. The van der Waals surface area contributed by atoms with Gasteiger partial charge in [-0.05, 0) is 37.5 Å². The Morgan fingerprint density at radius 2 is 2.13 bits per heavy atom. The van der Waals surface area contributed by atoms with Gasteiger partial charge in [0.2, 0.25) is 0 Å². The van der Waals surface area contributed by atoms with Crippen molar-refractivity contribution in [3.8, 4) is 0 Å². The lowest BCUT2D eigenvalue weighted by molar-refractivity contribution is 0.375. The topological polar surface area (TPSA) is 24.9 Å². The first kappa shape index (κ1) is 10.4. The summed E-state index contributed by atoms with van der Waals surface area (Å²) in [5.41, 5.74) is 1.23. The number of nitrogens with one attached hydrogen (secondary N) is 1. The predicted molar refractivity (Wildman–Crippen MR) is 63.5 cm³/mol. The highest BCUT2D eigenvalue weighted by Gasteiger charge is 2.14. The zero-order chi connectivity index (χ0) is 10.5. The van der Waals surface area contributed by atoms with E-state index in [2.05, 4.69) is 29.4 Å².